The number of benzene rings is 2. The Morgan fingerprint density at radius 2 is 1.97 bits per heavy atom. The molecule has 1 aromatic heterocycles. The standard InChI is InChI=1S/C26H21N3O5/c1-15(30)28-18-5-4-6-19(14-18)29-23(20-7-2-3-11-27-20)22(25(32)26(29)33)24(31)17-8-9-21-16(13-17)10-12-34-21/h2-9,11,13-14,23,31H,10,12H2,1H3,(H,28,30)/b24-22-. The quantitative estimate of drug-likeness (QED) is 0.354. The number of fused-ring (bicyclic) bond motifs is 1. The van der Waals surface area contributed by atoms with E-state index in [-0.39, 0.29) is 17.2 Å². The molecule has 1 saturated heterocycles. The third-order valence-electron chi connectivity index (χ3n) is 5.82. The summed E-state index contributed by atoms with van der Waals surface area (Å²) in [6.45, 7) is 1.94. The first kappa shape index (κ1) is 21.4. The van der Waals surface area contributed by atoms with Gasteiger partial charge < -0.3 is 15.2 Å². The fourth-order valence-corrected chi connectivity index (χ4v) is 4.34. The monoisotopic (exact) mass is 455 g/mol. The van der Waals surface area contributed by atoms with Crippen LogP contribution in [0.2, 0.25) is 0 Å². The molecule has 1 fully saturated rings. The number of hydrogen-bond acceptors (Lipinski definition) is 6. The lowest BCUT2D eigenvalue weighted by molar-refractivity contribution is -0.132. The first-order valence-electron chi connectivity index (χ1n) is 10.8. The third-order valence-corrected chi connectivity index (χ3v) is 5.82. The first-order valence-corrected chi connectivity index (χ1v) is 10.8. The molecular weight excluding hydrogens is 434 g/mol. The van der Waals surface area contributed by atoms with Gasteiger partial charge in [0, 0.05) is 36.5 Å². The number of pyridine rings is 1. The summed E-state index contributed by atoms with van der Waals surface area (Å²) >= 11 is 0. The van der Waals surface area contributed by atoms with E-state index in [4.69, 9.17) is 4.74 Å². The zero-order valence-corrected chi connectivity index (χ0v) is 18.3. The van der Waals surface area contributed by atoms with Crippen LogP contribution >= 0.6 is 0 Å². The van der Waals surface area contributed by atoms with Crippen molar-refractivity contribution >= 4 is 34.7 Å². The van der Waals surface area contributed by atoms with Crippen LogP contribution in [-0.4, -0.2) is 34.3 Å². The minimum atomic E-state index is -0.946. The van der Waals surface area contributed by atoms with Crippen LogP contribution in [0.5, 0.6) is 5.75 Å². The molecule has 8 nitrogen and oxygen atoms in total. The van der Waals surface area contributed by atoms with Gasteiger partial charge in [0.1, 0.15) is 17.6 Å². The van der Waals surface area contributed by atoms with Crippen LogP contribution in [0.25, 0.3) is 5.76 Å². The average molecular weight is 455 g/mol. The highest BCUT2D eigenvalue weighted by Gasteiger charge is 2.47. The number of ether oxygens (including phenoxy) is 1. The highest BCUT2D eigenvalue weighted by Crippen LogP contribution is 2.42. The van der Waals surface area contributed by atoms with E-state index in [2.05, 4.69) is 10.3 Å². The Morgan fingerprint density at radius 1 is 1.12 bits per heavy atom. The first-order chi connectivity index (χ1) is 16.4. The van der Waals surface area contributed by atoms with Crippen molar-refractivity contribution in [3.63, 3.8) is 0 Å². The van der Waals surface area contributed by atoms with Crippen LogP contribution < -0.4 is 15.0 Å². The van der Waals surface area contributed by atoms with E-state index in [1.807, 2.05) is 0 Å². The van der Waals surface area contributed by atoms with E-state index < -0.39 is 17.7 Å². The number of nitrogens with one attached hydrogen (secondary N) is 1. The SMILES string of the molecule is CC(=O)Nc1cccc(N2C(=O)C(=O)/C(=C(\O)c3ccc4c(c3)CCO4)C2c2ccccn2)c1. The molecule has 0 radical (unpaired) electrons. The number of Topliss-reactive ketones (excluding diaryl/α,β-unsaturated/α-hetero) is 1. The van der Waals surface area contributed by atoms with E-state index in [0.29, 0.717) is 35.7 Å². The zero-order valence-electron chi connectivity index (χ0n) is 18.3. The Morgan fingerprint density at radius 3 is 2.74 bits per heavy atom. The minimum Gasteiger partial charge on any atom is -0.507 e. The molecule has 2 aliphatic heterocycles. The molecule has 0 aliphatic carbocycles. The van der Waals surface area contributed by atoms with Crippen molar-refractivity contribution in [3.8, 4) is 5.75 Å². The highest BCUT2D eigenvalue weighted by atomic mass is 16.5. The largest absolute Gasteiger partial charge is 0.507 e. The number of amides is 2. The van der Waals surface area contributed by atoms with Gasteiger partial charge in [-0.15, -0.1) is 0 Å². The average Bonchev–Trinajstić information content (AvgIpc) is 3.41. The summed E-state index contributed by atoms with van der Waals surface area (Å²) in [6, 6.07) is 16.1. The van der Waals surface area contributed by atoms with Crippen molar-refractivity contribution in [3.05, 3.63) is 89.3 Å². The molecule has 8 heteroatoms. The molecule has 2 aromatic carbocycles. The molecule has 1 unspecified atom stereocenters. The van der Waals surface area contributed by atoms with Crippen LogP contribution in [0.3, 0.4) is 0 Å². The van der Waals surface area contributed by atoms with Crippen LogP contribution in [-0.2, 0) is 20.8 Å². The molecule has 2 amide bonds. The Hall–Kier alpha value is -4.46. The second-order valence-electron chi connectivity index (χ2n) is 8.08. The second kappa shape index (κ2) is 8.47. The molecule has 0 saturated carbocycles. The fraction of sp³-hybridized carbons (Fsp3) is 0.154. The topological polar surface area (TPSA) is 109 Å². The van der Waals surface area contributed by atoms with Gasteiger partial charge >= 0.3 is 0 Å². The Kier molecular flexibility index (Phi) is 5.33. The normalized spacial score (nSPS) is 18.5. The summed E-state index contributed by atoms with van der Waals surface area (Å²) < 4.78 is 5.53. The van der Waals surface area contributed by atoms with Crippen molar-refractivity contribution in [2.75, 3.05) is 16.8 Å². The van der Waals surface area contributed by atoms with Gasteiger partial charge in [0.15, 0.2) is 0 Å². The summed E-state index contributed by atoms with van der Waals surface area (Å²) in [5.74, 6) is -1.39. The number of carbonyl (C=O) groups is 3. The van der Waals surface area contributed by atoms with Gasteiger partial charge in [-0.1, -0.05) is 12.1 Å². The van der Waals surface area contributed by atoms with Crippen molar-refractivity contribution in [1.82, 2.24) is 4.98 Å². The predicted molar refractivity (Wildman–Crippen MR) is 125 cm³/mol. The van der Waals surface area contributed by atoms with Gasteiger partial charge in [-0.25, -0.2) is 0 Å². The predicted octanol–water partition coefficient (Wildman–Crippen LogP) is 3.60. The molecule has 2 N–H and O–H groups in total. The number of rotatable bonds is 4. The highest BCUT2D eigenvalue weighted by molar-refractivity contribution is 6.51. The van der Waals surface area contributed by atoms with Gasteiger partial charge in [0.2, 0.25) is 5.91 Å². The maximum atomic E-state index is 13.3. The lowest BCUT2D eigenvalue weighted by Crippen LogP contribution is -2.30. The van der Waals surface area contributed by atoms with Crippen LogP contribution in [0.15, 0.2) is 72.4 Å². The number of ketones is 1. The molecule has 0 bridgehead atoms. The molecule has 1 atom stereocenters. The fourth-order valence-electron chi connectivity index (χ4n) is 4.34. The number of nitrogens with zero attached hydrogens (tertiary/aromatic N) is 2. The maximum Gasteiger partial charge on any atom is 0.300 e. The maximum absolute atomic E-state index is 13.3. The zero-order chi connectivity index (χ0) is 23.8. The third kappa shape index (κ3) is 3.69. The second-order valence-corrected chi connectivity index (χ2v) is 8.08. The molecule has 2 aliphatic rings. The lowest BCUT2D eigenvalue weighted by atomic mass is 9.97. The number of aliphatic hydroxyl groups excluding tert-OH is 1. The van der Waals surface area contributed by atoms with E-state index in [1.165, 1.54) is 11.8 Å². The Bertz CT molecular complexity index is 1350. The number of hydrogen-bond donors (Lipinski definition) is 2. The van der Waals surface area contributed by atoms with Gasteiger partial charge in [-0.2, -0.15) is 0 Å². The van der Waals surface area contributed by atoms with Crippen LogP contribution in [0, 0.1) is 0 Å². The number of aliphatic hydroxyl groups is 1. The van der Waals surface area contributed by atoms with Crippen LogP contribution in [0.1, 0.15) is 29.8 Å². The van der Waals surface area contributed by atoms with Gasteiger partial charge in [0.05, 0.1) is 17.9 Å². The lowest BCUT2D eigenvalue weighted by Gasteiger charge is -2.25. The number of carbonyl (C=O) groups excluding carboxylic acids is 3. The molecule has 3 heterocycles. The molecule has 5 rings (SSSR count). The summed E-state index contributed by atoms with van der Waals surface area (Å²) in [5.41, 5.74) is 2.60. The smallest absolute Gasteiger partial charge is 0.300 e. The Balaban J connectivity index is 1.67. The molecule has 3 aromatic rings. The molecule has 34 heavy (non-hydrogen) atoms. The summed E-state index contributed by atoms with van der Waals surface area (Å²) in [6.07, 6.45) is 2.26. The van der Waals surface area contributed by atoms with Gasteiger partial charge in [-0.05, 0) is 54.1 Å². The van der Waals surface area contributed by atoms with Crippen molar-refractivity contribution < 1.29 is 24.2 Å². The number of anilines is 2. The van der Waals surface area contributed by atoms with E-state index in [1.54, 1.807) is 66.9 Å². The van der Waals surface area contributed by atoms with Gasteiger partial charge in [0.25, 0.3) is 11.7 Å². The minimum absolute atomic E-state index is 0.0486. The number of aromatic nitrogens is 1. The molecule has 170 valence electrons. The molecule has 0 spiro atoms. The van der Waals surface area contributed by atoms with Gasteiger partial charge in [-0.3, -0.25) is 24.3 Å². The van der Waals surface area contributed by atoms with Crippen molar-refractivity contribution in [2.45, 2.75) is 19.4 Å². The van der Waals surface area contributed by atoms with Crippen LogP contribution in [0.4, 0.5) is 11.4 Å². The van der Waals surface area contributed by atoms with Crippen molar-refractivity contribution in [2.24, 2.45) is 0 Å². The van der Waals surface area contributed by atoms with E-state index >= 15 is 0 Å². The Labute approximate surface area is 195 Å². The summed E-state index contributed by atoms with van der Waals surface area (Å²) in [7, 11) is 0. The summed E-state index contributed by atoms with van der Waals surface area (Å²) in [4.78, 5) is 43.7. The van der Waals surface area contributed by atoms with E-state index in [9.17, 15) is 19.5 Å². The molecular formula is C26H21N3O5. The van der Waals surface area contributed by atoms with E-state index in [0.717, 1.165) is 11.3 Å². The van der Waals surface area contributed by atoms with Crippen molar-refractivity contribution in [1.29, 1.82) is 0 Å². The summed E-state index contributed by atoms with van der Waals surface area (Å²) in [5, 5.41) is 13.9.